The lowest BCUT2D eigenvalue weighted by molar-refractivity contribution is 0.116. The number of fused-ring (bicyclic) bond motifs is 1. The maximum absolute atomic E-state index is 14.0. The van der Waals surface area contributed by atoms with E-state index in [1.54, 1.807) is 12.1 Å². The molecule has 0 saturated carbocycles. The SMILES string of the molecule is OC(Cc1cccc(Cl)c1F)C1CCOc2ccccc21. The third-order valence-electron chi connectivity index (χ3n) is 3.93. The molecule has 0 aliphatic carbocycles. The number of hydrogen-bond donors (Lipinski definition) is 1. The number of aliphatic hydroxyl groups is 1. The standard InChI is InChI=1S/C17H16ClFO2/c18-14-6-3-4-11(17(14)19)10-15(20)12-8-9-21-16-7-2-1-5-13(12)16/h1-7,12,15,20H,8-10H2. The molecule has 21 heavy (non-hydrogen) atoms. The van der Waals surface area contributed by atoms with Crippen LogP contribution in [0.3, 0.4) is 0 Å². The predicted molar refractivity (Wildman–Crippen MR) is 80.4 cm³/mol. The van der Waals surface area contributed by atoms with Gasteiger partial charge in [-0.15, -0.1) is 0 Å². The molecule has 1 aliphatic heterocycles. The Bertz CT molecular complexity index is 644. The average molecular weight is 307 g/mol. The second-order valence-electron chi connectivity index (χ2n) is 5.27. The van der Waals surface area contributed by atoms with Crippen LogP contribution in [0.25, 0.3) is 0 Å². The Hall–Kier alpha value is -1.58. The van der Waals surface area contributed by atoms with Crippen LogP contribution in [0.5, 0.6) is 5.75 Å². The van der Waals surface area contributed by atoms with Crippen molar-refractivity contribution in [3.05, 3.63) is 64.4 Å². The van der Waals surface area contributed by atoms with Crippen LogP contribution in [0, 0.1) is 5.82 Å². The first-order valence-corrected chi connectivity index (χ1v) is 7.37. The summed E-state index contributed by atoms with van der Waals surface area (Å²) in [4.78, 5) is 0. The van der Waals surface area contributed by atoms with Crippen LogP contribution in [-0.4, -0.2) is 17.8 Å². The average Bonchev–Trinajstić information content (AvgIpc) is 2.51. The van der Waals surface area contributed by atoms with E-state index in [2.05, 4.69) is 0 Å². The van der Waals surface area contributed by atoms with E-state index < -0.39 is 11.9 Å². The van der Waals surface area contributed by atoms with Gasteiger partial charge < -0.3 is 9.84 Å². The van der Waals surface area contributed by atoms with Gasteiger partial charge in [-0.05, 0) is 29.7 Å². The van der Waals surface area contributed by atoms with E-state index in [1.165, 1.54) is 6.07 Å². The largest absolute Gasteiger partial charge is 0.493 e. The summed E-state index contributed by atoms with van der Waals surface area (Å²) in [5, 5.41) is 10.6. The Labute approximate surface area is 128 Å². The molecule has 0 spiro atoms. The molecule has 4 heteroatoms. The first-order valence-electron chi connectivity index (χ1n) is 6.99. The van der Waals surface area contributed by atoms with Crippen molar-refractivity contribution in [2.24, 2.45) is 0 Å². The Balaban J connectivity index is 1.83. The molecule has 1 N–H and O–H groups in total. The van der Waals surface area contributed by atoms with Crippen molar-refractivity contribution in [2.45, 2.75) is 24.9 Å². The topological polar surface area (TPSA) is 29.5 Å². The lowest BCUT2D eigenvalue weighted by atomic mass is 9.85. The maximum atomic E-state index is 14.0. The number of rotatable bonds is 3. The quantitative estimate of drug-likeness (QED) is 0.930. The van der Waals surface area contributed by atoms with Crippen molar-refractivity contribution in [3.63, 3.8) is 0 Å². The van der Waals surface area contributed by atoms with Crippen LogP contribution in [0.1, 0.15) is 23.5 Å². The Morgan fingerprint density at radius 2 is 2.05 bits per heavy atom. The minimum atomic E-state index is -0.664. The smallest absolute Gasteiger partial charge is 0.145 e. The van der Waals surface area contributed by atoms with E-state index in [4.69, 9.17) is 16.3 Å². The van der Waals surface area contributed by atoms with Crippen molar-refractivity contribution in [3.8, 4) is 5.75 Å². The molecule has 2 unspecified atom stereocenters. The zero-order chi connectivity index (χ0) is 14.8. The molecule has 0 amide bonds. The van der Waals surface area contributed by atoms with E-state index in [0.29, 0.717) is 12.2 Å². The lowest BCUT2D eigenvalue weighted by Gasteiger charge is -2.29. The van der Waals surface area contributed by atoms with Crippen LogP contribution in [0.15, 0.2) is 42.5 Å². The number of para-hydroxylation sites is 1. The third-order valence-corrected chi connectivity index (χ3v) is 4.22. The minimum absolute atomic E-state index is 0.0478. The van der Waals surface area contributed by atoms with Crippen LogP contribution < -0.4 is 4.74 Å². The molecule has 1 heterocycles. The highest BCUT2D eigenvalue weighted by Gasteiger charge is 2.28. The molecular formula is C17H16ClFO2. The summed E-state index contributed by atoms with van der Waals surface area (Å²) in [7, 11) is 0. The molecule has 3 rings (SSSR count). The molecule has 0 aromatic heterocycles. The van der Waals surface area contributed by atoms with Crippen molar-refractivity contribution < 1.29 is 14.2 Å². The number of benzene rings is 2. The zero-order valence-electron chi connectivity index (χ0n) is 11.4. The molecule has 0 saturated heterocycles. The summed E-state index contributed by atoms with van der Waals surface area (Å²) in [6, 6.07) is 12.6. The van der Waals surface area contributed by atoms with Gasteiger partial charge in [-0.25, -0.2) is 4.39 Å². The molecule has 1 aliphatic rings. The van der Waals surface area contributed by atoms with Crippen molar-refractivity contribution in [1.29, 1.82) is 0 Å². The van der Waals surface area contributed by atoms with Crippen LogP contribution in [0.4, 0.5) is 4.39 Å². The van der Waals surface area contributed by atoms with Gasteiger partial charge in [0, 0.05) is 12.3 Å². The van der Waals surface area contributed by atoms with Gasteiger partial charge in [0.05, 0.1) is 17.7 Å². The number of ether oxygens (including phenoxy) is 1. The van der Waals surface area contributed by atoms with Gasteiger partial charge in [0.15, 0.2) is 0 Å². The van der Waals surface area contributed by atoms with Gasteiger partial charge in [0.1, 0.15) is 11.6 Å². The molecule has 2 aromatic carbocycles. The molecule has 0 fully saturated rings. The Morgan fingerprint density at radius 1 is 1.24 bits per heavy atom. The number of halogens is 2. The minimum Gasteiger partial charge on any atom is -0.493 e. The van der Waals surface area contributed by atoms with E-state index in [-0.39, 0.29) is 17.4 Å². The summed E-state index contributed by atoms with van der Waals surface area (Å²) in [5.41, 5.74) is 1.43. The number of aliphatic hydroxyl groups excluding tert-OH is 1. The first kappa shape index (κ1) is 14.4. The van der Waals surface area contributed by atoms with Gasteiger partial charge >= 0.3 is 0 Å². The molecule has 0 radical (unpaired) electrons. The van der Waals surface area contributed by atoms with Crippen molar-refractivity contribution in [1.82, 2.24) is 0 Å². The second-order valence-corrected chi connectivity index (χ2v) is 5.67. The monoisotopic (exact) mass is 306 g/mol. The van der Waals surface area contributed by atoms with Crippen molar-refractivity contribution in [2.75, 3.05) is 6.61 Å². The fourth-order valence-electron chi connectivity index (χ4n) is 2.84. The number of hydrogen-bond acceptors (Lipinski definition) is 2. The second kappa shape index (κ2) is 6.04. The highest BCUT2D eigenvalue weighted by Crippen LogP contribution is 2.36. The van der Waals surface area contributed by atoms with Crippen molar-refractivity contribution >= 4 is 11.6 Å². The van der Waals surface area contributed by atoms with Gasteiger partial charge in [-0.2, -0.15) is 0 Å². The van der Waals surface area contributed by atoms with Gasteiger partial charge in [0.2, 0.25) is 0 Å². The summed E-state index contributed by atoms with van der Waals surface area (Å²) < 4.78 is 19.5. The summed E-state index contributed by atoms with van der Waals surface area (Å²) in [6.07, 6.45) is 0.300. The molecule has 2 atom stereocenters. The van der Waals surface area contributed by atoms with E-state index in [1.807, 2.05) is 24.3 Å². The molecule has 2 aromatic rings. The fraction of sp³-hybridized carbons (Fsp3) is 0.294. The summed E-state index contributed by atoms with van der Waals surface area (Å²) in [5.74, 6) is 0.311. The highest BCUT2D eigenvalue weighted by molar-refractivity contribution is 6.30. The Morgan fingerprint density at radius 3 is 2.90 bits per heavy atom. The van der Waals surface area contributed by atoms with E-state index in [0.717, 1.165) is 17.7 Å². The van der Waals surface area contributed by atoms with E-state index in [9.17, 15) is 9.50 Å². The molecular weight excluding hydrogens is 291 g/mol. The van der Waals surface area contributed by atoms with Crippen LogP contribution in [0.2, 0.25) is 5.02 Å². The predicted octanol–water partition coefficient (Wildman–Crippen LogP) is 3.95. The maximum Gasteiger partial charge on any atom is 0.145 e. The Kier molecular flexibility index (Phi) is 4.13. The molecule has 2 nitrogen and oxygen atoms in total. The molecule has 0 bridgehead atoms. The normalized spacial score (nSPS) is 18.7. The first-order chi connectivity index (χ1) is 10.2. The zero-order valence-corrected chi connectivity index (χ0v) is 12.2. The van der Waals surface area contributed by atoms with Crippen LogP contribution >= 0.6 is 11.6 Å². The highest BCUT2D eigenvalue weighted by atomic mass is 35.5. The van der Waals surface area contributed by atoms with Gasteiger partial charge in [-0.1, -0.05) is 41.9 Å². The lowest BCUT2D eigenvalue weighted by Crippen LogP contribution is -2.27. The summed E-state index contributed by atoms with van der Waals surface area (Å²) >= 11 is 5.79. The van der Waals surface area contributed by atoms with Gasteiger partial charge in [0.25, 0.3) is 0 Å². The molecule has 110 valence electrons. The van der Waals surface area contributed by atoms with Crippen LogP contribution in [-0.2, 0) is 6.42 Å². The fourth-order valence-corrected chi connectivity index (χ4v) is 3.04. The van der Waals surface area contributed by atoms with Gasteiger partial charge in [-0.3, -0.25) is 0 Å². The third kappa shape index (κ3) is 2.89. The summed E-state index contributed by atoms with van der Waals surface area (Å²) in [6.45, 7) is 0.566. The van der Waals surface area contributed by atoms with E-state index >= 15 is 0 Å².